The number of hydrogen-bond acceptors (Lipinski definition) is 2. The van der Waals surface area contributed by atoms with E-state index in [1.165, 1.54) is 5.56 Å². The Balaban J connectivity index is 2.28. The molecule has 0 saturated carbocycles. The normalized spacial score (nSPS) is 20.6. The van der Waals surface area contributed by atoms with Gasteiger partial charge in [0.2, 0.25) is 5.14 Å². The Hall–Kier alpha value is -0.960. The minimum atomic E-state index is -0.0253. The zero-order valence-electron chi connectivity index (χ0n) is 7.98. The van der Waals surface area contributed by atoms with Gasteiger partial charge in [-0.3, -0.25) is 0 Å². The summed E-state index contributed by atoms with van der Waals surface area (Å²) in [6, 6.07) is 10.3. The lowest BCUT2D eigenvalue weighted by atomic mass is 10.1. The fourth-order valence-corrected chi connectivity index (χ4v) is 2.15. The molecule has 2 nitrogen and oxygen atoms in total. The lowest BCUT2D eigenvalue weighted by Gasteiger charge is -2.22. The van der Waals surface area contributed by atoms with Crippen LogP contribution in [0.5, 0.6) is 0 Å². The van der Waals surface area contributed by atoms with E-state index in [9.17, 15) is 0 Å². The maximum atomic E-state index is 5.40. The van der Waals surface area contributed by atoms with Crippen LogP contribution < -0.4 is 0 Å². The van der Waals surface area contributed by atoms with Gasteiger partial charge in [-0.2, -0.15) is 0 Å². The first-order chi connectivity index (χ1) is 6.83. The van der Waals surface area contributed by atoms with Crippen molar-refractivity contribution in [1.29, 1.82) is 0 Å². The number of nitrogens with zero attached hydrogens (tertiary/aromatic N) is 1. The Labute approximate surface area is 92.3 Å². The number of hydrogen-bond donors (Lipinski definition) is 0. The van der Waals surface area contributed by atoms with Gasteiger partial charge in [-0.15, -0.1) is 0 Å². The van der Waals surface area contributed by atoms with Crippen molar-refractivity contribution < 1.29 is 4.74 Å². The molecule has 2 rings (SSSR count). The molecule has 0 spiro atoms. The van der Waals surface area contributed by atoms with Crippen molar-refractivity contribution in [2.45, 2.75) is 12.1 Å². The standard InChI is InChI=1S/C11H12BrNO/c1-2-13-10(8-14-11(13)12)9-6-4-3-5-7-9/h3-8,11H,2H2,1H3. The van der Waals surface area contributed by atoms with Crippen molar-refractivity contribution in [1.82, 2.24) is 4.90 Å². The summed E-state index contributed by atoms with van der Waals surface area (Å²) < 4.78 is 5.40. The molecule has 1 aliphatic rings. The quantitative estimate of drug-likeness (QED) is 0.594. The lowest BCUT2D eigenvalue weighted by Crippen LogP contribution is -2.25. The van der Waals surface area contributed by atoms with Crippen LogP contribution in [-0.4, -0.2) is 16.6 Å². The van der Waals surface area contributed by atoms with E-state index in [2.05, 4.69) is 39.9 Å². The third kappa shape index (κ3) is 1.64. The summed E-state index contributed by atoms with van der Waals surface area (Å²) in [5.74, 6) is 0. The second-order valence-electron chi connectivity index (χ2n) is 3.08. The van der Waals surface area contributed by atoms with Crippen molar-refractivity contribution in [3.63, 3.8) is 0 Å². The predicted octanol–water partition coefficient (Wildman–Crippen LogP) is 3.02. The molecule has 0 amide bonds. The van der Waals surface area contributed by atoms with E-state index in [0.29, 0.717) is 0 Å². The third-order valence-electron chi connectivity index (χ3n) is 2.26. The van der Waals surface area contributed by atoms with Crippen LogP contribution in [-0.2, 0) is 4.74 Å². The minimum absolute atomic E-state index is 0.0253. The molecule has 0 N–H and O–H groups in total. The molecular formula is C11H12BrNO. The molecule has 0 radical (unpaired) electrons. The van der Waals surface area contributed by atoms with Crippen molar-refractivity contribution in [3.8, 4) is 0 Å². The molecule has 1 atom stereocenters. The molecule has 0 fully saturated rings. The predicted molar refractivity (Wildman–Crippen MR) is 60.6 cm³/mol. The molecule has 14 heavy (non-hydrogen) atoms. The highest BCUT2D eigenvalue weighted by Crippen LogP contribution is 2.30. The van der Waals surface area contributed by atoms with Crippen LogP contribution in [0.3, 0.4) is 0 Å². The first-order valence-electron chi connectivity index (χ1n) is 4.64. The van der Waals surface area contributed by atoms with E-state index in [-0.39, 0.29) is 5.14 Å². The maximum Gasteiger partial charge on any atom is 0.228 e. The Kier molecular flexibility index (Phi) is 2.77. The highest BCUT2D eigenvalue weighted by molar-refractivity contribution is 9.09. The average molecular weight is 254 g/mol. The molecule has 1 heterocycles. The van der Waals surface area contributed by atoms with E-state index in [1.54, 1.807) is 6.26 Å². The van der Waals surface area contributed by atoms with Gasteiger partial charge in [-0.05, 0) is 22.9 Å². The highest BCUT2D eigenvalue weighted by Gasteiger charge is 2.24. The van der Waals surface area contributed by atoms with Gasteiger partial charge in [-0.1, -0.05) is 30.3 Å². The molecule has 0 aliphatic carbocycles. The van der Waals surface area contributed by atoms with Gasteiger partial charge in [0.1, 0.15) is 6.26 Å². The maximum absolute atomic E-state index is 5.40. The molecule has 1 unspecified atom stereocenters. The Morgan fingerprint density at radius 3 is 2.71 bits per heavy atom. The summed E-state index contributed by atoms with van der Waals surface area (Å²) in [6.45, 7) is 3.04. The van der Waals surface area contributed by atoms with Crippen molar-refractivity contribution in [3.05, 3.63) is 42.2 Å². The first-order valence-corrected chi connectivity index (χ1v) is 5.56. The Morgan fingerprint density at radius 2 is 2.07 bits per heavy atom. The van der Waals surface area contributed by atoms with Crippen molar-refractivity contribution in [2.75, 3.05) is 6.54 Å². The monoisotopic (exact) mass is 253 g/mol. The minimum Gasteiger partial charge on any atom is -0.466 e. The van der Waals surface area contributed by atoms with Crippen LogP contribution in [0.15, 0.2) is 36.6 Å². The lowest BCUT2D eigenvalue weighted by molar-refractivity contribution is 0.151. The van der Waals surface area contributed by atoms with Crippen LogP contribution in [0.25, 0.3) is 5.70 Å². The molecule has 0 aromatic heterocycles. The second-order valence-corrected chi connectivity index (χ2v) is 3.87. The first kappa shape index (κ1) is 9.59. The zero-order valence-corrected chi connectivity index (χ0v) is 9.57. The number of halogens is 1. The van der Waals surface area contributed by atoms with Crippen molar-refractivity contribution in [2.24, 2.45) is 0 Å². The van der Waals surface area contributed by atoms with Gasteiger partial charge in [0.05, 0.1) is 5.70 Å². The van der Waals surface area contributed by atoms with Gasteiger partial charge in [-0.25, -0.2) is 0 Å². The molecular weight excluding hydrogens is 242 g/mol. The van der Waals surface area contributed by atoms with Crippen LogP contribution in [0.4, 0.5) is 0 Å². The summed E-state index contributed by atoms with van der Waals surface area (Å²) >= 11 is 3.45. The van der Waals surface area contributed by atoms with Crippen LogP contribution in [0.1, 0.15) is 12.5 Å². The summed E-state index contributed by atoms with van der Waals surface area (Å²) in [5.41, 5.74) is 2.33. The number of rotatable bonds is 2. The zero-order chi connectivity index (χ0) is 9.97. The second kappa shape index (κ2) is 4.05. The number of ether oxygens (including phenoxy) is 1. The fourth-order valence-electron chi connectivity index (χ4n) is 1.53. The Bertz CT molecular complexity index is 336. The number of benzene rings is 1. The molecule has 3 heteroatoms. The van der Waals surface area contributed by atoms with E-state index < -0.39 is 0 Å². The topological polar surface area (TPSA) is 12.5 Å². The summed E-state index contributed by atoms with van der Waals surface area (Å²) in [4.78, 5) is 2.16. The SMILES string of the molecule is CCN1C(c2ccccc2)=COC1Br. The third-order valence-corrected chi connectivity index (χ3v) is 2.97. The molecule has 0 bridgehead atoms. The largest absolute Gasteiger partial charge is 0.466 e. The molecule has 1 aromatic rings. The van der Waals surface area contributed by atoms with Crippen LogP contribution >= 0.6 is 15.9 Å². The Morgan fingerprint density at radius 1 is 1.36 bits per heavy atom. The van der Waals surface area contributed by atoms with Gasteiger partial charge >= 0.3 is 0 Å². The number of alkyl halides is 1. The van der Waals surface area contributed by atoms with Gasteiger partial charge in [0.15, 0.2) is 0 Å². The van der Waals surface area contributed by atoms with E-state index in [1.807, 2.05) is 18.2 Å². The smallest absolute Gasteiger partial charge is 0.228 e. The fraction of sp³-hybridized carbons (Fsp3) is 0.273. The molecule has 0 saturated heterocycles. The average Bonchev–Trinajstić information content (AvgIpc) is 2.61. The highest BCUT2D eigenvalue weighted by atomic mass is 79.9. The molecule has 74 valence electrons. The van der Waals surface area contributed by atoms with E-state index >= 15 is 0 Å². The van der Waals surface area contributed by atoms with Gasteiger partial charge in [0.25, 0.3) is 0 Å². The van der Waals surface area contributed by atoms with Gasteiger partial charge < -0.3 is 9.64 Å². The van der Waals surface area contributed by atoms with Crippen LogP contribution in [0.2, 0.25) is 0 Å². The van der Waals surface area contributed by atoms with Gasteiger partial charge in [0, 0.05) is 12.1 Å². The van der Waals surface area contributed by atoms with Crippen LogP contribution in [0, 0.1) is 0 Å². The molecule has 1 aliphatic heterocycles. The summed E-state index contributed by atoms with van der Waals surface area (Å²) in [5, 5.41) is -0.0253. The van der Waals surface area contributed by atoms with Crippen molar-refractivity contribution >= 4 is 21.6 Å². The van der Waals surface area contributed by atoms with E-state index in [0.717, 1.165) is 12.2 Å². The molecule has 1 aromatic carbocycles. The van der Waals surface area contributed by atoms with E-state index in [4.69, 9.17) is 4.74 Å². The summed E-state index contributed by atoms with van der Waals surface area (Å²) in [6.07, 6.45) is 1.80. The summed E-state index contributed by atoms with van der Waals surface area (Å²) in [7, 11) is 0.